The van der Waals surface area contributed by atoms with Gasteiger partial charge < -0.3 is 4.90 Å². The summed E-state index contributed by atoms with van der Waals surface area (Å²) in [4.78, 5) is 6.64. The summed E-state index contributed by atoms with van der Waals surface area (Å²) in [5, 5.41) is 2.71. The lowest BCUT2D eigenvalue weighted by molar-refractivity contribution is 0.344. The average Bonchev–Trinajstić information content (AvgIpc) is 2.56. The first-order valence-electron chi connectivity index (χ1n) is 9.53. The Morgan fingerprint density at radius 1 is 1.36 bits per heavy atom. The Bertz CT molecular complexity index is 870. The molecule has 1 aromatic heterocycles. The molecule has 1 aliphatic rings. The third-order valence-corrected chi connectivity index (χ3v) is 7.59. The summed E-state index contributed by atoms with van der Waals surface area (Å²) < 4.78 is 20.6. The summed E-state index contributed by atoms with van der Waals surface area (Å²) in [5.74, 6) is 1.22. The van der Waals surface area contributed by atoms with E-state index in [1.165, 1.54) is 5.56 Å². The minimum Gasteiger partial charge on any atom is -0.368 e. The maximum absolute atomic E-state index is 12.5. The molecule has 0 amide bonds. The molecule has 0 N–H and O–H groups in total. The van der Waals surface area contributed by atoms with E-state index in [2.05, 4.69) is 42.8 Å². The van der Waals surface area contributed by atoms with Crippen molar-refractivity contribution in [1.29, 1.82) is 1.12 Å². The molecule has 0 saturated carbocycles. The van der Waals surface area contributed by atoms with Crippen LogP contribution in [-0.4, -0.2) is 33.9 Å². The van der Waals surface area contributed by atoms with Gasteiger partial charge in [-0.3, -0.25) is 4.21 Å². The zero-order valence-corrected chi connectivity index (χ0v) is 17.3. The Kier molecular flexibility index (Phi) is 5.01. The second kappa shape index (κ2) is 7.24. The van der Waals surface area contributed by atoms with Crippen molar-refractivity contribution in [1.82, 2.24) is 4.98 Å². The fourth-order valence-corrected chi connectivity index (χ4v) is 5.10. The van der Waals surface area contributed by atoms with Crippen molar-refractivity contribution in [3.8, 4) is 0 Å². The van der Waals surface area contributed by atoms with Crippen LogP contribution in [0.25, 0.3) is 10.8 Å². The largest absolute Gasteiger partial charge is 0.368 e. The Labute approximate surface area is 159 Å². The molecule has 0 unspecified atom stereocenters. The summed E-state index contributed by atoms with van der Waals surface area (Å²) in [7, 11) is -2.82. The highest BCUT2D eigenvalue weighted by Crippen LogP contribution is 2.39. The predicted molar refractivity (Wildman–Crippen MR) is 112 cm³/mol. The maximum Gasteiger partial charge on any atom is 0.129 e. The number of fused-ring (bicyclic) bond motifs is 1. The molecule has 0 aliphatic carbocycles. The van der Waals surface area contributed by atoms with E-state index in [1.54, 1.807) is 0 Å². The van der Waals surface area contributed by atoms with E-state index in [4.69, 9.17) is 12.7 Å². The summed E-state index contributed by atoms with van der Waals surface area (Å²) >= 11 is 6.15. The lowest BCUT2D eigenvalue weighted by Gasteiger charge is -2.49. The van der Waals surface area contributed by atoms with Crippen molar-refractivity contribution in [3.05, 3.63) is 35.1 Å². The highest BCUT2D eigenvalue weighted by atomic mass is 35.5. The van der Waals surface area contributed by atoms with Crippen LogP contribution in [0.4, 0.5) is 5.69 Å². The van der Waals surface area contributed by atoms with Crippen LogP contribution in [-0.2, 0) is 10.7 Å². The Morgan fingerprint density at radius 2 is 2.08 bits per heavy atom. The van der Waals surface area contributed by atoms with Crippen LogP contribution < -0.4 is 4.90 Å². The van der Waals surface area contributed by atoms with Crippen molar-refractivity contribution >= 4 is 38.8 Å². The van der Waals surface area contributed by atoms with E-state index < -0.39 is 10.7 Å². The normalized spacial score (nSPS) is 22.4. The number of benzene rings is 1. The number of nitrogens with zero attached hydrogens (tertiary/aromatic N) is 2. The summed E-state index contributed by atoms with van der Waals surface area (Å²) in [6.07, 6.45) is 1.86. The van der Waals surface area contributed by atoms with E-state index in [0.29, 0.717) is 22.7 Å². The quantitative estimate of drug-likeness (QED) is 0.717. The molecule has 5 heteroatoms. The highest BCUT2D eigenvalue weighted by molar-refractivity contribution is 7.85. The maximum atomic E-state index is 12.5. The molecule has 2 aromatic rings. The zero-order valence-electron chi connectivity index (χ0n) is 16.7. The Morgan fingerprint density at radius 3 is 2.68 bits per heavy atom. The van der Waals surface area contributed by atoms with E-state index in [0.717, 1.165) is 23.0 Å². The predicted octanol–water partition coefficient (Wildman–Crippen LogP) is 4.46. The first kappa shape index (κ1) is 17.3. The van der Waals surface area contributed by atoms with Gasteiger partial charge in [-0.1, -0.05) is 45.4 Å². The molecule has 1 fully saturated rings. The van der Waals surface area contributed by atoms with Crippen LogP contribution in [0.3, 0.4) is 0 Å². The Hall–Kier alpha value is -1.13. The number of halogens is 1. The van der Waals surface area contributed by atoms with Crippen molar-refractivity contribution in [2.75, 3.05) is 17.2 Å². The van der Waals surface area contributed by atoms with Crippen molar-refractivity contribution in [3.63, 3.8) is 0 Å². The molecular formula is C20H29ClN2OS. The molecule has 25 heavy (non-hydrogen) atoms. The molecule has 2 heterocycles. The standard InChI is InChI=1S/C20H29ClN2OS/c1-12(2)16-6-7-19(18-9-22-20(21)8-17(16)18)23-10-15(14(23)5)11-25(24)13(3)4/h6-9,12-15H,10-11,25H2,1-5H3/t14-,15-/m1/s1/i25D. The highest BCUT2D eigenvalue weighted by Gasteiger charge is 2.36. The van der Waals surface area contributed by atoms with Crippen LogP contribution in [0, 0.1) is 5.92 Å². The summed E-state index contributed by atoms with van der Waals surface area (Å²) in [6.45, 7) is 11.2. The van der Waals surface area contributed by atoms with E-state index in [1.807, 2.05) is 26.1 Å². The molecule has 1 aliphatic heterocycles. The van der Waals surface area contributed by atoms with Crippen LogP contribution in [0.15, 0.2) is 24.4 Å². The topological polar surface area (TPSA) is 33.2 Å². The third-order valence-electron chi connectivity index (χ3n) is 5.41. The second-order valence-electron chi connectivity index (χ2n) is 7.73. The van der Waals surface area contributed by atoms with E-state index in [-0.39, 0.29) is 11.3 Å². The van der Waals surface area contributed by atoms with Gasteiger partial charge in [0, 0.05) is 46.8 Å². The molecule has 2 atom stereocenters. The molecule has 1 saturated heterocycles. The molecule has 0 spiro atoms. The lowest BCUT2D eigenvalue weighted by Crippen LogP contribution is -2.57. The second-order valence-corrected chi connectivity index (χ2v) is 10.3. The molecule has 3 rings (SSSR count). The molecule has 3 nitrogen and oxygen atoms in total. The first-order chi connectivity index (χ1) is 12.1. The van der Waals surface area contributed by atoms with Gasteiger partial charge >= 0.3 is 0 Å². The number of aromatic nitrogens is 1. The minimum absolute atomic E-state index is 0.0683. The Balaban J connectivity index is 1.91. The van der Waals surface area contributed by atoms with Gasteiger partial charge in [0.15, 0.2) is 0 Å². The van der Waals surface area contributed by atoms with Gasteiger partial charge in [-0.05, 0) is 35.9 Å². The average molecular weight is 382 g/mol. The smallest absolute Gasteiger partial charge is 0.129 e. The van der Waals surface area contributed by atoms with Gasteiger partial charge in [0.05, 0.1) is 0 Å². The number of hydrogen-bond acceptors (Lipinski definition) is 3. The van der Waals surface area contributed by atoms with Gasteiger partial charge in [0.1, 0.15) is 6.28 Å². The van der Waals surface area contributed by atoms with Gasteiger partial charge in [0.2, 0.25) is 0 Å². The monoisotopic (exact) mass is 381 g/mol. The molecule has 0 bridgehead atoms. The van der Waals surface area contributed by atoms with Gasteiger partial charge in [-0.25, -0.2) is 4.98 Å². The van der Waals surface area contributed by atoms with Gasteiger partial charge in [-0.2, -0.15) is 0 Å². The van der Waals surface area contributed by atoms with Crippen LogP contribution in [0.5, 0.6) is 0 Å². The van der Waals surface area contributed by atoms with Crippen LogP contribution in [0.2, 0.25) is 5.15 Å². The zero-order chi connectivity index (χ0) is 19.2. The minimum atomic E-state index is -2.82. The van der Waals surface area contributed by atoms with E-state index in [9.17, 15) is 4.21 Å². The van der Waals surface area contributed by atoms with Crippen LogP contribution >= 0.6 is 11.6 Å². The van der Waals surface area contributed by atoms with Gasteiger partial charge in [0.25, 0.3) is 0 Å². The molecule has 1 aromatic carbocycles. The number of pyridine rings is 1. The SMILES string of the molecule is [2H][SH](=O)(C[C@H]1CN(c2ccc(C(C)C)c3cc(Cl)ncc23)[C@@H]1C)C(C)C. The fourth-order valence-electron chi connectivity index (χ4n) is 3.63. The van der Waals surface area contributed by atoms with Crippen molar-refractivity contribution in [2.24, 2.45) is 5.92 Å². The van der Waals surface area contributed by atoms with Gasteiger partial charge in [-0.15, -0.1) is 10.7 Å². The summed E-state index contributed by atoms with van der Waals surface area (Å²) in [6, 6.07) is 6.58. The molecule has 0 radical (unpaired) electrons. The number of anilines is 1. The van der Waals surface area contributed by atoms with Crippen LogP contribution in [0.1, 0.15) is 46.1 Å². The summed E-state index contributed by atoms with van der Waals surface area (Å²) in [5.41, 5.74) is 2.43. The fraction of sp³-hybridized carbons (Fsp3) is 0.550. The molecular weight excluding hydrogens is 352 g/mol. The third kappa shape index (κ3) is 3.56. The van der Waals surface area contributed by atoms with Crippen molar-refractivity contribution in [2.45, 2.75) is 51.8 Å². The molecule has 138 valence electrons. The van der Waals surface area contributed by atoms with Crippen molar-refractivity contribution < 1.29 is 4.21 Å². The number of rotatable bonds is 5. The first-order valence-corrected chi connectivity index (χ1v) is 11.0. The number of hydrogen-bond donors (Lipinski definition) is 0. The van der Waals surface area contributed by atoms with E-state index >= 15 is 0 Å². The lowest BCUT2D eigenvalue weighted by atomic mass is 9.89.